The summed E-state index contributed by atoms with van der Waals surface area (Å²) in [5, 5.41) is 12.4. The number of hydrogen-bond donors (Lipinski definition) is 1. The molecule has 0 unspecified atom stereocenters. The summed E-state index contributed by atoms with van der Waals surface area (Å²) in [7, 11) is 0. The lowest BCUT2D eigenvalue weighted by Gasteiger charge is -2.08. The molecule has 1 amide bonds. The Kier molecular flexibility index (Phi) is 4.40. The van der Waals surface area contributed by atoms with Crippen LogP contribution in [0.15, 0.2) is 23.4 Å². The minimum Gasteiger partial charge on any atom is -0.324 e. The molecule has 22 heavy (non-hydrogen) atoms. The van der Waals surface area contributed by atoms with Gasteiger partial charge >= 0.3 is 0 Å². The van der Waals surface area contributed by atoms with E-state index >= 15 is 0 Å². The molecule has 1 aliphatic carbocycles. The minimum atomic E-state index is -0.0984. The lowest BCUT2D eigenvalue weighted by molar-refractivity contribution is -0.113. The zero-order valence-corrected chi connectivity index (χ0v) is 14.0. The zero-order valence-electron chi connectivity index (χ0n) is 12.5. The second-order valence-corrected chi connectivity index (χ2v) is 6.80. The number of amides is 1. The number of aromatic nitrogens is 3. The van der Waals surface area contributed by atoms with Gasteiger partial charge in [0.25, 0.3) is 0 Å². The standard InChI is InChI=1S/C15H17ClN4OS/c1-9-3-6-13(12(16)7-9)17-14(21)8-22-15-19-18-10(2)20(15)11-4-5-11/h3,6-7,11H,4-5,8H2,1-2H3,(H,17,21). The molecule has 0 atom stereocenters. The Hall–Kier alpha value is -1.53. The van der Waals surface area contributed by atoms with Crippen molar-refractivity contribution in [1.29, 1.82) is 0 Å². The number of halogens is 1. The molecule has 5 nitrogen and oxygen atoms in total. The first-order valence-electron chi connectivity index (χ1n) is 7.15. The zero-order chi connectivity index (χ0) is 15.7. The van der Waals surface area contributed by atoms with E-state index < -0.39 is 0 Å². The second-order valence-electron chi connectivity index (χ2n) is 5.45. The Labute approximate surface area is 138 Å². The highest BCUT2D eigenvalue weighted by Gasteiger charge is 2.28. The molecule has 1 aromatic carbocycles. The summed E-state index contributed by atoms with van der Waals surface area (Å²) in [6.45, 7) is 3.90. The first-order chi connectivity index (χ1) is 10.5. The summed E-state index contributed by atoms with van der Waals surface area (Å²) in [6, 6.07) is 6.07. The second kappa shape index (κ2) is 6.30. The third-order valence-electron chi connectivity index (χ3n) is 3.48. The molecule has 2 aromatic rings. The van der Waals surface area contributed by atoms with Crippen LogP contribution in [-0.4, -0.2) is 26.4 Å². The Balaban J connectivity index is 1.61. The Morgan fingerprint density at radius 2 is 2.18 bits per heavy atom. The largest absolute Gasteiger partial charge is 0.324 e. The van der Waals surface area contributed by atoms with E-state index in [2.05, 4.69) is 20.1 Å². The average Bonchev–Trinajstić information content (AvgIpc) is 3.23. The van der Waals surface area contributed by atoms with Crippen molar-refractivity contribution in [2.75, 3.05) is 11.1 Å². The van der Waals surface area contributed by atoms with Gasteiger partial charge in [0.15, 0.2) is 5.16 Å². The van der Waals surface area contributed by atoms with Crippen LogP contribution in [0.1, 0.15) is 30.3 Å². The summed E-state index contributed by atoms with van der Waals surface area (Å²) in [6.07, 6.45) is 2.33. The number of anilines is 1. The molecule has 1 N–H and O–H groups in total. The fraction of sp³-hybridized carbons (Fsp3) is 0.400. The van der Waals surface area contributed by atoms with Crippen molar-refractivity contribution in [2.24, 2.45) is 0 Å². The van der Waals surface area contributed by atoms with Crippen LogP contribution in [0.4, 0.5) is 5.69 Å². The summed E-state index contributed by atoms with van der Waals surface area (Å²) in [5.41, 5.74) is 1.70. The Morgan fingerprint density at radius 3 is 2.86 bits per heavy atom. The topological polar surface area (TPSA) is 59.8 Å². The van der Waals surface area contributed by atoms with Crippen LogP contribution >= 0.6 is 23.4 Å². The van der Waals surface area contributed by atoms with Crippen LogP contribution < -0.4 is 5.32 Å². The minimum absolute atomic E-state index is 0.0984. The summed E-state index contributed by atoms with van der Waals surface area (Å²) >= 11 is 7.53. The van der Waals surface area contributed by atoms with Gasteiger partial charge in [0.2, 0.25) is 5.91 Å². The predicted molar refractivity (Wildman–Crippen MR) is 88.6 cm³/mol. The molecule has 1 saturated carbocycles. The molecule has 116 valence electrons. The molecule has 1 heterocycles. The van der Waals surface area contributed by atoms with Crippen molar-refractivity contribution in [1.82, 2.24) is 14.8 Å². The highest BCUT2D eigenvalue weighted by molar-refractivity contribution is 7.99. The number of hydrogen-bond acceptors (Lipinski definition) is 4. The molecule has 3 rings (SSSR count). The van der Waals surface area contributed by atoms with E-state index in [1.807, 2.05) is 32.0 Å². The van der Waals surface area contributed by atoms with Gasteiger partial charge in [-0.3, -0.25) is 4.79 Å². The van der Waals surface area contributed by atoms with Gasteiger partial charge in [0, 0.05) is 6.04 Å². The number of thioether (sulfide) groups is 1. The lowest BCUT2D eigenvalue weighted by atomic mass is 10.2. The van der Waals surface area contributed by atoms with Crippen molar-refractivity contribution < 1.29 is 4.79 Å². The van der Waals surface area contributed by atoms with E-state index in [0.29, 0.717) is 16.8 Å². The number of carbonyl (C=O) groups excluding carboxylic acids is 1. The average molecular weight is 337 g/mol. The molecule has 0 radical (unpaired) electrons. The van der Waals surface area contributed by atoms with E-state index in [1.165, 1.54) is 11.8 Å². The van der Waals surface area contributed by atoms with Crippen molar-refractivity contribution in [3.8, 4) is 0 Å². The Morgan fingerprint density at radius 1 is 1.41 bits per heavy atom. The van der Waals surface area contributed by atoms with E-state index in [-0.39, 0.29) is 11.7 Å². The van der Waals surface area contributed by atoms with Gasteiger partial charge in [-0.1, -0.05) is 29.4 Å². The van der Waals surface area contributed by atoms with Crippen molar-refractivity contribution in [3.63, 3.8) is 0 Å². The lowest BCUT2D eigenvalue weighted by Crippen LogP contribution is -2.15. The fourth-order valence-electron chi connectivity index (χ4n) is 2.24. The molecule has 0 spiro atoms. The summed E-state index contributed by atoms with van der Waals surface area (Å²) in [4.78, 5) is 12.1. The van der Waals surface area contributed by atoms with Gasteiger partial charge in [0.1, 0.15) is 5.82 Å². The molecular formula is C15H17ClN4OS. The van der Waals surface area contributed by atoms with E-state index in [4.69, 9.17) is 11.6 Å². The van der Waals surface area contributed by atoms with Crippen LogP contribution in [0.2, 0.25) is 5.02 Å². The maximum absolute atomic E-state index is 12.1. The van der Waals surface area contributed by atoms with E-state index in [9.17, 15) is 4.79 Å². The van der Waals surface area contributed by atoms with Crippen LogP contribution in [0.25, 0.3) is 0 Å². The number of nitrogens with zero attached hydrogens (tertiary/aromatic N) is 3. The molecule has 1 aromatic heterocycles. The van der Waals surface area contributed by atoms with Crippen LogP contribution in [0.5, 0.6) is 0 Å². The van der Waals surface area contributed by atoms with Crippen LogP contribution in [0, 0.1) is 13.8 Å². The molecule has 1 aliphatic rings. The van der Waals surface area contributed by atoms with Crippen LogP contribution in [-0.2, 0) is 4.79 Å². The number of rotatable bonds is 5. The number of carbonyl (C=O) groups is 1. The van der Waals surface area contributed by atoms with Gasteiger partial charge in [-0.05, 0) is 44.4 Å². The van der Waals surface area contributed by atoms with Gasteiger partial charge in [-0.15, -0.1) is 10.2 Å². The van der Waals surface area contributed by atoms with E-state index in [1.54, 1.807) is 0 Å². The fourth-order valence-corrected chi connectivity index (χ4v) is 3.37. The first-order valence-corrected chi connectivity index (χ1v) is 8.51. The van der Waals surface area contributed by atoms with Gasteiger partial charge in [-0.2, -0.15) is 0 Å². The maximum atomic E-state index is 12.1. The smallest absolute Gasteiger partial charge is 0.234 e. The molecule has 0 bridgehead atoms. The molecule has 1 fully saturated rings. The SMILES string of the molecule is Cc1ccc(NC(=O)CSc2nnc(C)n2C2CC2)c(Cl)c1. The van der Waals surface area contributed by atoms with Gasteiger partial charge < -0.3 is 9.88 Å². The Bertz CT molecular complexity index is 712. The first kappa shape index (κ1) is 15.4. The third kappa shape index (κ3) is 3.44. The van der Waals surface area contributed by atoms with Crippen LogP contribution in [0.3, 0.4) is 0 Å². The van der Waals surface area contributed by atoms with Gasteiger partial charge in [0.05, 0.1) is 16.5 Å². The maximum Gasteiger partial charge on any atom is 0.234 e. The normalized spacial score (nSPS) is 14.1. The van der Waals surface area contributed by atoms with Crippen molar-refractivity contribution in [2.45, 2.75) is 37.9 Å². The molecule has 0 aliphatic heterocycles. The number of nitrogens with one attached hydrogen (secondary N) is 1. The van der Waals surface area contributed by atoms with E-state index in [0.717, 1.165) is 29.4 Å². The third-order valence-corrected chi connectivity index (χ3v) is 4.73. The molecular weight excluding hydrogens is 320 g/mol. The number of aryl methyl sites for hydroxylation is 2. The van der Waals surface area contributed by atoms with Crippen molar-refractivity contribution in [3.05, 3.63) is 34.6 Å². The monoisotopic (exact) mass is 336 g/mol. The van der Waals surface area contributed by atoms with Gasteiger partial charge in [-0.25, -0.2) is 0 Å². The highest BCUT2D eigenvalue weighted by Crippen LogP contribution is 2.38. The predicted octanol–water partition coefficient (Wildman–Crippen LogP) is 3.61. The van der Waals surface area contributed by atoms with Crippen molar-refractivity contribution >= 4 is 35.0 Å². The summed E-state index contributed by atoms with van der Waals surface area (Å²) < 4.78 is 2.12. The summed E-state index contributed by atoms with van der Waals surface area (Å²) in [5.74, 6) is 1.10. The molecule has 0 saturated heterocycles. The highest BCUT2D eigenvalue weighted by atomic mass is 35.5. The number of benzene rings is 1. The quantitative estimate of drug-likeness (QED) is 0.847. The molecule has 7 heteroatoms.